The van der Waals surface area contributed by atoms with Crippen LogP contribution in [0, 0.1) is 12.7 Å². The first-order chi connectivity index (χ1) is 17.9. The van der Waals surface area contributed by atoms with Crippen molar-refractivity contribution in [2.45, 2.75) is 45.2 Å². The van der Waals surface area contributed by atoms with Gasteiger partial charge >= 0.3 is 0 Å². The van der Waals surface area contributed by atoms with Crippen molar-refractivity contribution in [1.82, 2.24) is 34.8 Å². The maximum Gasteiger partial charge on any atom is 0.242 e. The number of ether oxygens (including phenoxy) is 1. The Balaban J connectivity index is 1.29. The summed E-state index contributed by atoms with van der Waals surface area (Å²) >= 11 is 0. The van der Waals surface area contributed by atoms with Crippen LogP contribution >= 0.6 is 0 Å². The SMILES string of the molecule is COc1nc(-c2nc(Nc3ccc(N4CCNC5(CC5)C4)cn3)ncc2F)cc2c1nc(C)n2C(C)C. The molecule has 0 bridgehead atoms. The van der Waals surface area contributed by atoms with Crippen molar-refractivity contribution in [3.63, 3.8) is 0 Å². The van der Waals surface area contributed by atoms with Crippen LogP contribution in [0.2, 0.25) is 0 Å². The molecule has 1 saturated carbocycles. The molecule has 192 valence electrons. The van der Waals surface area contributed by atoms with E-state index >= 15 is 0 Å². The Morgan fingerprint density at radius 3 is 2.68 bits per heavy atom. The quantitative estimate of drug-likeness (QED) is 0.404. The van der Waals surface area contributed by atoms with Crippen LogP contribution in [0.4, 0.5) is 21.8 Å². The first-order valence-corrected chi connectivity index (χ1v) is 12.6. The number of pyridine rings is 2. The number of aryl methyl sites for hydroxylation is 1. The van der Waals surface area contributed by atoms with Crippen LogP contribution in [0.5, 0.6) is 5.88 Å². The van der Waals surface area contributed by atoms with Crippen molar-refractivity contribution < 1.29 is 9.13 Å². The topological polar surface area (TPSA) is 106 Å². The Kier molecular flexibility index (Phi) is 5.67. The van der Waals surface area contributed by atoms with Crippen molar-refractivity contribution in [3.05, 3.63) is 42.2 Å². The lowest BCUT2D eigenvalue weighted by Gasteiger charge is -2.35. The lowest BCUT2D eigenvalue weighted by molar-refractivity contribution is 0.403. The fraction of sp³-hybridized carbons (Fsp3) is 0.423. The predicted molar refractivity (Wildman–Crippen MR) is 140 cm³/mol. The molecule has 11 heteroatoms. The second-order valence-electron chi connectivity index (χ2n) is 10.1. The summed E-state index contributed by atoms with van der Waals surface area (Å²) in [6, 6.07) is 5.88. The predicted octanol–water partition coefficient (Wildman–Crippen LogP) is 4.01. The molecule has 1 saturated heterocycles. The Morgan fingerprint density at radius 1 is 1.14 bits per heavy atom. The molecular weight excluding hydrogens is 473 g/mol. The summed E-state index contributed by atoms with van der Waals surface area (Å²) in [7, 11) is 1.53. The van der Waals surface area contributed by atoms with E-state index in [-0.39, 0.29) is 17.7 Å². The summed E-state index contributed by atoms with van der Waals surface area (Å²) in [5.41, 5.74) is 3.22. The molecule has 6 rings (SSSR count). The summed E-state index contributed by atoms with van der Waals surface area (Å²) in [6.45, 7) is 9.00. The molecule has 4 aromatic heterocycles. The Labute approximate surface area is 214 Å². The minimum Gasteiger partial charge on any atom is -0.479 e. The van der Waals surface area contributed by atoms with Gasteiger partial charge in [-0.2, -0.15) is 0 Å². The highest BCUT2D eigenvalue weighted by molar-refractivity contribution is 5.85. The van der Waals surface area contributed by atoms with Crippen molar-refractivity contribution in [2.75, 3.05) is 37.0 Å². The number of hydrogen-bond donors (Lipinski definition) is 2. The van der Waals surface area contributed by atoms with E-state index in [9.17, 15) is 4.39 Å². The molecule has 2 fully saturated rings. The number of anilines is 3. The lowest BCUT2D eigenvalue weighted by atomic mass is 10.1. The molecule has 0 amide bonds. The van der Waals surface area contributed by atoms with Crippen molar-refractivity contribution >= 4 is 28.5 Å². The van der Waals surface area contributed by atoms with E-state index in [1.165, 1.54) is 20.0 Å². The number of piperazine rings is 1. The second-order valence-corrected chi connectivity index (χ2v) is 10.1. The molecule has 2 aliphatic rings. The van der Waals surface area contributed by atoms with E-state index in [1.54, 1.807) is 6.07 Å². The lowest BCUT2D eigenvalue weighted by Crippen LogP contribution is -2.52. The molecule has 1 spiro atoms. The molecule has 37 heavy (non-hydrogen) atoms. The number of hydrogen-bond acceptors (Lipinski definition) is 9. The van der Waals surface area contributed by atoms with E-state index in [2.05, 4.69) is 58.9 Å². The molecule has 0 radical (unpaired) electrons. The van der Waals surface area contributed by atoms with Crippen molar-refractivity contribution in [1.29, 1.82) is 0 Å². The van der Waals surface area contributed by atoms with Gasteiger partial charge in [0.25, 0.3) is 0 Å². The molecule has 5 heterocycles. The number of nitrogens with one attached hydrogen (secondary N) is 2. The van der Waals surface area contributed by atoms with Crippen LogP contribution in [0.25, 0.3) is 22.4 Å². The van der Waals surface area contributed by atoms with E-state index in [1.807, 2.05) is 25.3 Å². The maximum atomic E-state index is 14.9. The summed E-state index contributed by atoms with van der Waals surface area (Å²) < 4.78 is 22.5. The van der Waals surface area contributed by atoms with E-state index in [0.717, 1.165) is 42.9 Å². The first kappa shape index (κ1) is 23.5. The number of imidazole rings is 1. The van der Waals surface area contributed by atoms with Gasteiger partial charge in [-0.3, -0.25) is 0 Å². The summed E-state index contributed by atoms with van der Waals surface area (Å²) in [4.78, 5) is 24.6. The second kappa shape index (κ2) is 8.91. The number of nitrogens with zero attached hydrogens (tertiary/aromatic N) is 7. The average molecular weight is 504 g/mol. The third-order valence-electron chi connectivity index (χ3n) is 7.10. The number of fused-ring (bicyclic) bond motifs is 1. The Morgan fingerprint density at radius 2 is 1.97 bits per heavy atom. The van der Waals surface area contributed by atoms with Gasteiger partial charge in [0.05, 0.1) is 36.4 Å². The van der Waals surface area contributed by atoms with Gasteiger partial charge in [0.2, 0.25) is 11.8 Å². The summed E-state index contributed by atoms with van der Waals surface area (Å²) in [5, 5.41) is 6.72. The van der Waals surface area contributed by atoms with Gasteiger partial charge in [-0.1, -0.05) is 0 Å². The van der Waals surface area contributed by atoms with Crippen LogP contribution in [0.3, 0.4) is 0 Å². The molecular formula is C26H30FN9O. The first-order valence-electron chi connectivity index (χ1n) is 12.6. The minimum absolute atomic E-state index is 0.0685. The van der Waals surface area contributed by atoms with Gasteiger partial charge in [0.1, 0.15) is 17.3 Å². The minimum atomic E-state index is -0.581. The average Bonchev–Trinajstić information content (AvgIpc) is 3.54. The largest absolute Gasteiger partial charge is 0.479 e. The van der Waals surface area contributed by atoms with Gasteiger partial charge in [0.15, 0.2) is 11.3 Å². The van der Waals surface area contributed by atoms with Crippen LogP contribution in [0.15, 0.2) is 30.6 Å². The number of methoxy groups -OCH3 is 1. The third kappa shape index (κ3) is 4.33. The zero-order valence-electron chi connectivity index (χ0n) is 21.4. The molecule has 0 aromatic carbocycles. The highest BCUT2D eigenvalue weighted by atomic mass is 19.1. The Bertz CT molecular complexity index is 1460. The van der Waals surface area contributed by atoms with Gasteiger partial charge in [-0.05, 0) is 51.8 Å². The van der Waals surface area contributed by atoms with Crippen molar-refractivity contribution in [2.24, 2.45) is 0 Å². The fourth-order valence-corrected chi connectivity index (χ4v) is 5.13. The zero-order chi connectivity index (χ0) is 25.7. The van der Waals surface area contributed by atoms with Crippen LogP contribution in [-0.2, 0) is 0 Å². The molecule has 2 N–H and O–H groups in total. The number of halogens is 1. The molecule has 1 aliphatic heterocycles. The fourth-order valence-electron chi connectivity index (χ4n) is 5.13. The van der Waals surface area contributed by atoms with Crippen LogP contribution in [0.1, 0.15) is 38.6 Å². The maximum absolute atomic E-state index is 14.9. The van der Waals surface area contributed by atoms with E-state index in [4.69, 9.17) is 4.74 Å². The normalized spacial score (nSPS) is 16.5. The number of aromatic nitrogens is 6. The van der Waals surface area contributed by atoms with Gasteiger partial charge in [-0.25, -0.2) is 29.3 Å². The molecule has 4 aromatic rings. The molecule has 0 unspecified atom stereocenters. The number of rotatable bonds is 6. The standard InChI is InChI=1S/C26H30FN9O/c1-15(2)36-16(3)31-23-20(36)11-19(32-24(23)37-4)22-18(27)13-29-25(34-22)33-21-6-5-17(12-28-21)35-10-9-30-26(14-35)7-8-26/h5-6,11-13,15,30H,7-10,14H2,1-4H3,(H,28,29,33,34). The van der Waals surface area contributed by atoms with Crippen LogP contribution < -0.4 is 20.3 Å². The molecule has 1 aliphatic carbocycles. The molecule has 0 atom stereocenters. The van der Waals surface area contributed by atoms with Gasteiger partial charge < -0.3 is 24.8 Å². The highest BCUT2D eigenvalue weighted by Gasteiger charge is 2.45. The van der Waals surface area contributed by atoms with Crippen LogP contribution in [-0.4, -0.2) is 61.8 Å². The smallest absolute Gasteiger partial charge is 0.242 e. The van der Waals surface area contributed by atoms with Gasteiger partial charge in [0, 0.05) is 31.2 Å². The van der Waals surface area contributed by atoms with E-state index < -0.39 is 5.82 Å². The zero-order valence-corrected chi connectivity index (χ0v) is 21.4. The van der Waals surface area contributed by atoms with Gasteiger partial charge in [-0.15, -0.1) is 0 Å². The summed E-state index contributed by atoms with van der Waals surface area (Å²) in [6.07, 6.45) is 5.45. The third-order valence-corrected chi connectivity index (χ3v) is 7.10. The van der Waals surface area contributed by atoms with E-state index in [0.29, 0.717) is 28.4 Å². The molecule has 10 nitrogen and oxygen atoms in total. The monoisotopic (exact) mass is 503 g/mol. The highest BCUT2D eigenvalue weighted by Crippen LogP contribution is 2.38. The van der Waals surface area contributed by atoms with Crippen molar-refractivity contribution in [3.8, 4) is 17.3 Å². The summed E-state index contributed by atoms with van der Waals surface area (Å²) in [5.74, 6) is 1.37. The Hall–Kier alpha value is -3.86.